The lowest BCUT2D eigenvalue weighted by Crippen LogP contribution is -2.39. The molecule has 2 aromatic rings. The quantitative estimate of drug-likeness (QED) is 0.939. The maximum Gasteiger partial charge on any atom is 0.255 e. The van der Waals surface area contributed by atoms with Crippen molar-refractivity contribution in [3.05, 3.63) is 40.5 Å². The Hall–Kier alpha value is -2.08. The summed E-state index contributed by atoms with van der Waals surface area (Å²) in [5.41, 5.74) is 4.83. The van der Waals surface area contributed by atoms with Gasteiger partial charge in [0.25, 0.3) is 5.91 Å². The van der Waals surface area contributed by atoms with Crippen molar-refractivity contribution in [3.63, 3.8) is 0 Å². The molecule has 1 aliphatic rings. The highest BCUT2D eigenvalue weighted by Gasteiger charge is 2.31. The number of carbonyl (C=O) groups is 1. The molecule has 0 aliphatic carbocycles. The second-order valence-electron chi connectivity index (χ2n) is 6.04. The van der Waals surface area contributed by atoms with Crippen LogP contribution in [0, 0.1) is 13.8 Å². The molecule has 0 saturated carbocycles. The highest BCUT2D eigenvalue weighted by atomic mass is 16.5. The van der Waals surface area contributed by atoms with Gasteiger partial charge in [0.15, 0.2) is 0 Å². The van der Waals surface area contributed by atoms with E-state index in [2.05, 4.69) is 10.1 Å². The minimum Gasteiger partial charge on any atom is -0.384 e. The van der Waals surface area contributed by atoms with Gasteiger partial charge in [0.05, 0.1) is 17.9 Å². The molecule has 2 aromatic heterocycles. The molecule has 0 aromatic carbocycles. The number of carbonyl (C=O) groups excluding carboxylic acids is 1. The number of aromatic amines is 1. The summed E-state index contributed by atoms with van der Waals surface area (Å²) in [6.07, 6.45) is 1.99. The largest absolute Gasteiger partial charge is 0.384 e. The van der Waals surface area contributed by atoms with E-state index in [1.807, 2.05) is 42.7 Å². The van der Waals surface area contributed by atoms with Gasteiger partial charge in [-0.25, -0.2) is 0 Å². The van der Waals surface area contributed by atoms with Gasteiger partial charge in [0.2, 0.25) is 0 Å². The summed E-state index contributed by atoms with van der Waals surface area (Å²) in [6.45, 7) is 5.71. The first kappa shape index (κ1) is 14.8. The van der Waals surface area contributed by atoms with Crippen LogP contribution in [0.5, 0.6) is 0 Å². The number of rotatable bonds is 3. The van der Waals surface area contributed by atoms with Crippen molar-refractivity contribution >= 4 is 5.91 Å². The molecule has 1 aliphatic heterocycles. The van der Waals surface area contributed by atoms with Gasteiger partial charge in [0.1, 0.15) is 0 Å². The third kappa shape index (κ3) is 2.54. The molecule has 3 heterocycles. The Labute approximate surface area is 130 Å². The van der Waals surface area contributed by atoms with E-state index in [1.165, 1.54) is 0 Å². The lowest BCUT2D eigenvalue weighted by molar-refractivity contribution is 0.0678. The van der Waals surface area contributed by atoms with E-state index in [1.54, 1.807) is 7.11 Å². The van der Waals surface area contributed by atoms with Crippen molar-refractivity contribution < 1.29 is 9.53 Å². The first-order valence-electron chi connectivity index (χ1n) is 7.46. The Morgan fingerprint density at radius 2 is 2.27 bits per heavy atom. The molecule has 0 bridgehead atoms. The molecule has 0 radical (unpaired) electrons. The predicted molar refractivity (Wildman–Crippen MR) is 82.8 cm³/mol. The van der Waals surface area contributed by atoms with Gasteiger partial charge in [-0.05, 0) is 19.9 Å². The highest BCUT2D eigenvalue weighted by molar-refractivity contribution is 5.95. The maximum absolute atomic E-state index is 12.8. The summed E-state index contributed by atoms with van der Waals surface area (Å²) < 4.78 is 7.13. The first-order valence-corrected chi connectivity index (χ1v) is 7.46. The monoisotopic (exact) mass is 302 g/mol. The normalized spacial score (nSPS) is 17.6. The Bertz CT molecular complexity index is 701. The fourth-order valence-electron chi connectivity index (χ4n) is 3.25. The molecule has 1 unspecified atom stereocenters. The minimum absolute atomic E-state index is 0.0671. The Kier molecular flexibility index (Phi) is 3.78. The summed E-state index contributed by atoms with van der Waals surface area (Å²) in [4.78, 5) is 17.9. The lowest BCUT2D eigenvalue weighted by atomic mass is 9.96. The van der Waals surface area contributed by atoms with Crippen LogP contribution in [0.4, 0.5) is 0 Å². The number of amides is 1. The summed E-state index contributed by atoms with van der Waals surface area (Å²) in [5, 5.41) is 4.53. The van der Waals surface area contributed by atoms with Gasteiger partial charge >= 0.3 is 0 Å². The zero-order valence-electron chi connectivity index (χ0n) is 13.5. The molecular formula is C16H22N4O2. The third-order valence-electron chi connectivity index (χ3n) is 4.16. The lowest BCUT2D eigenvalue weighted by Gasteiger charge is -2.31. The van der Waals surface area contributed by atoms with Crippen molar-refractivity contribution in [1.82, 2.24) is 19.7 Å². The number of nitrogens with zero attached hydrogens (tertiary/aromatic N) is 3. The second kappa shape index (κ2) is 5.61. The average Bonchev–Trinajstić information content (AvgIpc) is 2.99. The number of fused-ring (bicyclic) bond motifs is 1. The smallest absolute Gasteiger partial charge is 0.255 e. The van der Waals surface area contributed by atoms with Crippen LogP contribution in [0.3, 0.4) is 0 Å². The van der Waals surface area contributed by atoms with E-state index >= 15 is 0 Å². The van der Waals surface area contributed by atoms with Gasteiger partial charge < -0.3 is 14.6 Å². The molecule has 0 saturated heterocycles. The first-order chi connectivity index (χ1) is 10.5. The summed E-state index contributed by atoms with van der Waals surface area (Å²) in [5.74, 6) is 0.191. The van der Waals surface area contributed by atoms with Crippen molar-refractivity contribution in [2.24, 2.45) is 7.05 Å². The van der Waals surface area contributed by atoms with Crippen LogP contribution < -0.4 is 0 Å². The van der Waals surface area contributed by atoms with Crippen molar-refractivity contribution in [3.8, 4) is 0 Å². The molecular weight excluding hydrogens is 280 g/mol. The van der Waals surface area contributed by atoms with Crippen LogP contribution >= 0.6 is 0 Å². The summed E-state index contributed by atoms with van der Waals surface area (Å²) in [7, 11) is 3.59. The van der Waals surface area contributed by atoms with E-state index in [4.69, 9.17) is 4.74 Å². The zero-order valence-corrected chi connectivity index (χ0v) is 13.5. The van der Waals surface area contributed by atoms with Crippen LogP contribution in [0.2, 0.25) is 0 Å². The molecule has 118 valence electrons. The molecule has 0 spiro atoms. The standard InChI is InChI=1S/C16H22N4O2/c1-10-5-14(11(2)17-10)16(21)20-7-12-6-19(3)18-15(12)13(8-20)9-22-4/h5-6,13,17H,7-9H2,1-4H3. The highest BCUT2D eigenvalue weighted by Crippen LogP contribution is 2.28. The zero-order chi connectivity index (χ0) is 15.9. The van der Waals surface area contributed by atoms with Gasteiger partial charge in [-0.1, -0.05) is 0 Å². The number of aryl methyl sites for hydroxylation is 3. The van der Waals surface area contributed by atoms with E-state index in [0.717, 1.165) is 28.2 Å². The van der Waals surface area contributed by atoms with E-state index < -0.39 is 0 Å². The fraction of sp³-hybridized carbons (Fsp3) is 0.500. The molecule has 0 fully saturated rings. The van der Waals surface area contributed by atoms with Crippen molar-refractivity contribution in [2.45, 2.75) is 26.3 Å². The number of hydrogen-bond acceptors (Lipinski definition) is 3. The Balaban J connectivity index is 1.90. The molecule has 6 nitrogen and oxygen atoms in total. The minimum atomic E-state index is 0.0671. The number of ether oxygens (including phenoxy) is 1. The van der Waals surface area contributed by atoms with Crippen molar-refractivity contribution in [2.75, 3.05) is 20.3 Å². The van der Waals surface area contributed by atoms with Gasteiger partial charge in [-0.15, -0.1) is 0 Å². The summed E-state index contributed by atoms with van der Waals surface area (Å²) in [6, 6.07) is 1.92. The topological polar surface area (TPSA) is 63.1 Å². The molecule has 1 atom stereocenters. The van der Waals surface area contributed by atoms with Crippen LogP contribution in [0.15, 0.2) is 12.3 Å². The molecule has 22 heavy (non-hydrogen) atoms. The Morgan fingerprint density at radius 3 is 2.91 bits per heavy atom. The molecule has 1 amide bonds. The number of aromatic nitrogens is 3. The number of nitrogens with one attached hydrogen (secondary N) is 1. The maximum atomic E-state index is 12.8. The molecule has 6 heteroatoms. The van der Waals surface area contributed by atoms with E-state index in [9.17, 15) is 4.79 Å². The van der Waals surface area contributed by atoms with Crippen LogP contribution in [0.25, 0.3) is 0 Å². The Morgan fingerprint density at radius 1 is 1.50 bits per heavy atom. The van der Waals surface area contributed by atoms with E-state index in [0.29, 0.717) is 19.7 Å². The third-order valence-corrected chi connectivity index (χ3v) is 4.16. The number of hydrogen-bond donors (Lipinski definition) is 1. The van der Waals surface area contributed by atoms with Crippen LogP contribution in [-0.2, 0) is 18.3 Å². The van der Waals surface area contributed by atoms with Crippen LogP contribution in [-0.4, -0.2) is 45.8 Å². The van der Waals surface area contributed by atoms with E-state index in [-0.39, 0.29) is 11.8 Å². The summed E-state index contributed by atoms with van der Waals surface area (Å²) >= 11 is 0. The predicted octanol–water partition coefficient (Wildman–Crippen LogP) is 1.75. The van der Waals surface area contributed by atoms with Gasteiger partial charge in [0, 0.05) is 56.3 Å². The molecule has 3 rings (SSSR count). The second-order valence-corrected chi connectivity index (χ2v) is 6.04. The number of H-pyrrole nitrogens is 1. The SMILES string of the molecule is COCC1CN(C(=O)c2cc(C)[nH]c2C)Cc2cn(C)nc21. The van der Waals surface area contributed by atoms with Gasteiger partial charge in [-0.2, -0.15) is 5.10 Å². The number of methoxy groups -OCH3 is 1. The van der Waals surface area contributed by atoms with Crippen LogP contribution in [0.1, 0.15) is 38.9 Å². The fourth-order valence-corrected chi connectivity index (χ4v) is 3.25. The average molecular weight is 302 g/mol. The van der Waals surface area contributed by atoms with Gasteiger partial charge in [-0.3, -0.25) is 9.48 Å². The molecule has 1 N–H and O–H groups in total. The van der Waals surface area contributed by atoms with Crippen molar-refractivity contribution in [1.29, 1.82) is 0 Å².